The van der Waals surface area contributed by atoms with E-state index in [-0.39, 0.29) is 5.95 Å². The number of nitrogens with two attached hydrogens (primary N) is 1. The molecule has 1 heterocycles. The normalized spacial score (nSPS) is 21.8. The summed E-state index contributed by atoms with van der Waals surface area (Å²) in [6.45, 7) is 0.991. The van der Waals surface area contributed by atoms with Gasteiger partial charge in [-0.2, -0.15) is 4.98 Å². The van der Waals surface area contributed by atoms with Crippen LogP contribution >= 0.6 is 11.6 Å². The number of nitrogen functional groups attached to an aromatic ring is 1. The molecular formula is C11H15ClN4. The van der Waals surface area contributed by atoms with E-state index in [1.54, 1.807) is 6.07 Å². The molecule has 2 aliphatic rings. The van der Waals surface area contributed by atoms with Crippen LogP contribution in [0.25, 0.3) is 0 Å². The van der Waals surface area contributed by atoms with Crippen molar-refractivity contribution in [1.29, 1.82) is 0 Å². The van der Waals surface area contributed by atoms with E-state index in [1.165, 1.54) is 25.7 Å². The standard InChI is InChI=1S/C11H15ClN4/c12-8-5-9(16-10(13)15-8)14-6-11(3-4-11)7-1-2-7/h5,7H,1-4,6H2,(H3,13,14,15,16). The highest BCUT2D eigenvalue weighted by Crippen LogP contribution is 2.61. The maximum absolute atomic E-state index is 5.82. The van der Waals surface area contributed by atoms with Crippen molar-refractivity contribution in [1.82, 2.24) is 9.97 Å². The van der Waals surface area contributed by atoms with Crippen LogP contribution in [0.4, 0.5) is 11.8 Å². The topological polar surface area (TPSA) is 63.8 Å². The molecule has 2 aliphatic carbocycles. The van der Waals surface area contributed by atoms with Crippen molar-refractivity contribution in [2.24, 2.45) is 11.3 Å². The minimum Gasteiger partial charge on any atom is -0.369 e. The number of rotatable bonds is 4. The minimum atomic E-state index is 0.228. The first kappa shape index (κ1) is 10.1. The smallest absolute Gasteiger partial charge is 0.223 e. The van der Waals surface area contributed by atoms with Crippen LogP contribution in [0.15, 0.2) is 6.07 Å². The Hall–Kier alpha value is -1.03. The molecule has 16 heavy (non-hydrogen) atoms. The lowest BCUT2D eigenvalue weighted by molar-refractivity contribution is 0.466. The van der Waals surface area contributed by atoms with E-state index in [2.05, 4.69) is 15.3 Å². The second-order valence-electron chi connectivity index (χ2n) is 4.92. The third-order valence-electron chi connectivity index (χ3n) is 3.67. The lowest BCUT2D eigenvalue weighted by Crippen LogP contribution is -2.18. The molecule has 0 aliphatic heterocycles. The van der Waals surface area contributed by atoms with E-state index >= 15 is 0 Å². The van der Waals surface area contributed by atoms with Gasteiger partial charge < -0.3 is 11.1 Å². The van der Waals surface area contributed by atoms with E-state index in [1.807, 2.05) is 0 Å². The summed E-state index contributed by atoms with van der Waals surface area (Å²) in [6.07, 6.45) is 5.49. The predicted octanol–water partition coefficient (Wildman–Crippen LogP) is 2.31. The largest absolute Gasteiger partial charge is 0.369 e. The van der Waals surface area contributed by atoms with E-state index in [0.29, 0.717) is 10.6 Å². The van der Waals surface area contributed by atoms with Crippen LogP contribution in [0, 0.1) is 11.3 Å². The minimum absolute atomic E-state index is 0.228. The first-order valence-corrected chi connectivity index (χ1v) is 6.10. The molecule has 1 aromatic rings. The first-order chi connectivity index (χ1) is 7.68. The number of nitrogens with zero attached hydrogens (tertiary/aromatic N) is 2. The van der Waals surface area contributed by atoms with Crippen LogP contribution in [-0.2, 0) is 0 Å². The highest BCUT2D eigenvalue weighted by molar-refractivity contribution is 6.29. The fraction of sp³-hybridized carbons (Fsp3) is 0.636. The fourth-order valence-corrected chi connectivity index (χ4v) is 2.57. The molecule has 0 aromatic carbocycles. The van der Waals surface area contributed by atoms with Gasteiger partial charge in [0, 0.05) is 12.6 Å². The van der Waals surface area contributed by atoms with Gasteiger partial charge in [0.1, 0.15) is 11.0 Å². The molecule has 2 fully saturated rings. The Labute approximate surface area is 99.6 Å². The van der Waals surface area contributed by atoms with Crippen molar-refractivity contribution in [2.75, 3.05) is 17.6 Å². The molecule has 2 saturated carbocycles. The lowest BCUT2D eigenvalue weighted by atomic mass is 10.0. The Kier molecular flexibility index (Phi) is 2.21. The maximum Gasteiger partial charge on any atom is 0.223 e. The number of aromatic nitrogens is 2. The molecule has 0 radical (unpaired) electrons. The first-order valence-electron chi connectivity index (χ1n) is 5.72. The molecule has 0 spiro atoms. The molecule has 86 valence electrons. The number of hydrogen-bond acceptors (Lipinski definition) is 4. The van der Waals surface area contributed by atoms with Gasteiger partial charge in [-0.15, -0.1) is 0 Å². The molecule has 0 unspecified atom stereocenters. The van der Waals surface area contributed by atoms with Crippen molar-refractivity contribution >= 4 is 23.4 Å². The maximum atomic E-state index is 5.82. The van der Waals surface area contributed by atoms with Crippen molar-refractivity contribution in [2.45, 2.75) is 25.7 Å². The summed E-state index contributed by atoms with van der Waals surface area (Å²) in [7, 11) is 0. The molecular weight excluding hydrogens is 224 g/mol. The van der Waals surface area contributed by atoms with E-state index in [0.717, 1.165) is 18.3 Å². The monoisotopic (exact) mass is 238 g/mol. The number of halogens is 1. The molecule has 1 aromatic heterocycles. The Balaban J connectivity index is 1.65. The molecule has 0 saturated heterocycles. The van der Waals surface area contributed by atoms with Crippen LogP contribution < -0.4 is 11.1 Å². The van der Waals surface area contributed by atoms with Gasteiger partial charge in [0.05, 0.1) is 0 Å². The SMILES string of the molecule is Nc1nc(Cl)cc(NCC2(C3CC3)CC2)n1. The van der Waals surface area contributed by atoms with E-state index < -0.39 is 0 Å². The lowest BCUT2D eigenvalue weighted by Gasteiger charge is -2.15. The van der Waals surface area contributed by atoms with Gasteiger partial charge in [-0.3, -0.25) is 0 Å². The Morgan fingerprint density at radius 2 is 2.19 bits per heavy atom. The van der Waals surface area contributed by atoms with Gasteiger partial charge in [-0.1, -0.05) is 11.6 Å². The average Bonchev–Trinajstić information content (AvgIpc) is 3.07. The fourth-order valence-electron chi connectivity index (χ4n) is 2.38. The van der Waals surface area contributed by atoms with E-state index in [4.69, 9.17) is 17.3 Å². The van der Waals surface area contributed by atoms with Crippen LogP contribution in [0.2, 0.25) is 5.15 Å². The van der Waals surface area contributed by atoms with Crippen molar-refractivity contribution in [3.63, 3.8) is 0 Å². The highest BCUT2D eigenvalue weighted by atomic mass is 35.5. The molecule has 0 atom stereocenters. The summed E-state index contributed by atoms with van der Waals surface area (Å²) in [5, 5.41) is 3.73. The number of nitrogens with one attached hydrogen (secondary N) is 1. The molecule has 0 amide bonds. The summed E-state index contributed by atoms with van der Waals surface area (Å²) in [5.74, 6) is 1.91. The third kappa shape index (κ3) is 1.94. The van der Waals surface area contributed by atoms with E-state index in [9.17, 15) is 0 Å². The van der Waals surface area contributed by atoms with Crippen LogP contribution in [0.3, 0.4) is 0 Å². The zero-order valence-corrected chi connectivity index (χ0v) is 9.80. The Bertz CT molecular complexity index is 392. The summed E-state index contributed by atoms with van der Waals surface area (Å²) >= 11 is 5.82. The summed E-state index contributed by atoms with van der Waals surface area (Å²) < 4.78 is 0. The van der Waals surface area contributed by atoms with Gasteiger partial charge in [-0.25, -0.2) is 4.98 Å². The van der Waals surface area contributed by atoms with Gasteiger partial charge in [-0.05, 0) is 37.0 Å². The summed E-state index contributed by atoms with van der Waals surface area (Å²) in [6, 6.07) is 1.72. The summed E-state index contributed by atoms with van der Waals surface area (Å²) in [4.78, 5) is 7.95. The van der Waals surface area contributed by atoms with Gasteiger partial charge >= 0.3 is 0 Å². The average molecular weight is 239 g/mol. The van der Waals surface area contributed by atoms with Crippen molar-refractivity contribution in [3.8, 4) is 0 Å². The molecule has 3 rings (SSSR count). The summed E-state index contributed by atoms with van der Waals surface area (Å²) in [5.41, 5.74) is 6.09. The van der Waals surface area contributed by atoms with Gasteiger partial charge in [0.2, 0.25) is 5.95 Å². The zero-order chi connectivity index (χ0) is 11.2. The number of hydrogen-bond donors (Lipinski definition) is 2. The highest BCUT2D eigenvalue weighted by Gasteiger charge is 2.53. The van der Waals surface area contributed by atoms with Gasteiger partial charge in [0.25, 0.3) is 0 Å². The molecule has 5 heteroatoms. The molecule has 4 nitrogen and oxygen atoms in total. The van der Waals surface area contributed by atoms with Crippen LogP contribution in [0.1, 0.15) is 25.7 Å². The van der Waals surface area contributed by atoms with Crippen molar-refractivity contribution in [3.05, 3.63) is 11.2 Å². The number of anilines is 2. The van der Waals surface area contributed by atoms with Crippen LogP contribution in [-0.4, -0.2) is 16.5 Å². The van der Waals surface area contributed by atoms with Crippen molar-refractivity contribution < 1.29 is 0 Å². The second kappa shape index (κ2) is 3.48. The van der Waals surface area contributed by atoms with Crippen LogP contribution in [0.5, 0.6) is 0 Å². The zero-order valence-electron chi connectivity index (χ0n) is 9.04. The second-order valence-corrected chi connectivity index (χ2v) is 5.31. The predicted molar refractivity (Wildman–Crippen MR) is 64.3 cm³/mol. The molecule has 3 N–H and O–H groups in total. The van der Waals surface area contributed by atoms with Gasteiger partial charge in [0.15, 0.2) is 0 Å². The Morgan fingerprint density at radius 3 is 2.75 bits per heavy atom. The third-order valence-corrected chi connectivity index (χ3v) is 3.86. The quantitative estimate of drug-likeness (QED) is 0.791. The Morgan fingerprint density at radius 1 is 1.44 bits per heavy atom. The molecule has 0 bridgehead atoms.